The summed E-state index contributed by atoms with van der Waals surface area (Å²) in [5.74, 6) is 5.14. The quantitative estimate of drug-likeness (QED) is 0.129. The molecule has 2 heterocycles. The number of rotatable bonds is 10. The zero-order valence-electron chi connectivity index (χ0n) is 35.2. The molecule has 0 bridgehead atoms. The predicted molar refractivity (Wildman–Crippen MR) is 242 cm³/mol. The van der Waals surface area contributed by atoms with Crippen LogP contribution in [-0.2, 0) is 27.9 Å². The first-order valence-corrected chi connectivity index (χ1v) is 35.7. The van der Waals surface area contributed by atoms with Gasteiger partial charge in [0.05, 0.1) is 0 Å². The Hall–Kier alpha value is -3.80. The second kappa shape index (κ2) is 15.3. The third-order valence-corrected chi connectivity index (χ3v) is 59.3. The number of ether oxygens (including phenoxy) is 2. The van der Waals surface area contributed by atoms with Gasteiger partial charge in [0.2, 0.25) is 0 Å². The van der Waals surface area contributed by atoms with E-state index < -0.39 is 20.4 Å². The summed E-state index contributed by atoms with van der Waals surface area (Å²) in [7, 11) is 21.5. The molecule has 0 fully saturated rings. The van der Waals surface area contributed by atoms with Gasteiger partial charge >= 0.3 is 354 Å². The molecular weight excluding hydrogens is 855 g/mol. The zero-order chi connectivity index (χ0) is 41.3. The van der Waals surface area contributed by atoms with E-state index in [-0.39, 0.29) is 7.25 Å². The Kier molecular flexibility index (Phi) is 10.8. The summed E-state index contributed by atoms with van der Waals surface area (Å²) in [6, 6.07) is 30.5. The molecule has 0 aliphatic heterocycles. The summed E-state index contributed by atoms with van der Waals surface area (Å²) < 4.78 is 24.0. The van der Waals surface area contributed by atoms with E-state index in [1.807, 2.05) is 38.1 Å². The van der Waals surface area contributed by atoms with Crippen molar-refractivity contribution in [1.29, 1.82) is 0 Å². The van der Waals surface area contributed by atoms with Crippen LogP contribution >= 0.6 is 17.0 Å². The number of hydrogen-bond donors (Lipinski definition) is 0. The van der Waals surface area contributed by atoms with Crippen LogP contribution in [0.5, 0.6) is 11.5 Å². The van der Waals surface area contributed by atoms with Gasteiger partial charge in [-0.3, -0.25) is 0 Å². The SMILES string of the molecule is CCc1ccc2c(c1-c1ccc(OC)cc1)C=C(c1cc(C)c(C)o1)[CH]2[Zr]([Cl])([Cl])([CH]1C(c2cc(C)c(C)o2)=Cc2c1ccc(CC)c2-c1ccc(OC)cc1)=[Si](C)C. The van der Waals surface area contributed by atoms with Crippen molar-refractivity contribution in [3.8, 4) is 33.8 Å². The van der Waals surface area contributed by atoms with Gasteiger partial charge in [-0.2, -0.15) is 0 Å². The molecule has 58 heavy (non-hydrogen) atoms. The van der Waals surface area contributed by atoms with Crippen LogP contribution in [0, 0.1) is 27.7 Å². The molecule has 0 spiro atoms. The summed E-state index contributed by atoms with van der Waals surface area (Å²) in [6.07, 6.45) is 6.49. The number of aryl methyl sites for hydroxylation is 6. The van der Waals surface area contributed by atoms with Gasteiger partial charge in [0, 0.05) is 0 Å². The van der Waals surface area contributed by atoms with Crippen molar-refractivity contribution < 1.29 is 33.3 Å². The van der Waals surface area contributed by atoms with Gasteiger partial charge in [0.25, 0.3) is 0 Å². The fraction of sp³-hybridized carbons (Fsp3) is 0.280. The second-order valence-electron chi connectivity index (χ2n) is 16.3. The normalized spacial score (nSPS) is 16.2. The Balaban J connectivity index is 1.47. The van der Waals surface area contributed by atoms with E-state index in [1.54, 1.807) is 14.2 Å². The van der Waals surface area contributed by atoms with Crippen molar-refractivity contribution in [3.63, 3.8) is 0 Å². The number of benzene rings is 4. The van der Waals surface area contributed by atoms with Crippen molar-refractivity contribution in [2.75, 3.05) is 14.2 Å². The molecule has 2 atom stereocenters. The Morgan fingerprint density at radius 1 is 0.586 bits per heavy atom. The van der Waals surface area contributed by atoms with E-state index in [0.717, 1.165) is 80.8 Å². The number of halogens is 2. The molecule has 8 rings (SSSR count). The summed E-state index contributed by atoms with van der Waals surface area (Å²) in [5, 5.41) is 0. The van der Waals surface area contributed by atoms with E-state index in [1.165, 1.54) is 44.5 Å². The molecule has 0 N–H and O–H groups in total. The molecule has 0 amide bonds. The van der Waals surface area contributed by atoms with Crippen molar-refractivity contribution in [3.05, 3.63) is 152 Å². The van der Waals surface area contributed by atoms with Crippen LogP contribution in [0.4, 0.5) is 0 Å². The van der Waals surface area contributed by atoms with Gasteiger partial charge in [-0.15, -0.1) is 0 Å². The molecule has 2 aliphatic rings. The van der Waals surface area contributed by atoms with E-state index >= 15 is 0 Å². The standard InChI is InChI=1S/2C24H23O2.C2H6Si.2ClH.Zr/c2*1-5-17-6-7-19-13-20(23-12-15(2)16(3)26-23)14-22(19)24(17)18-8-10-21(25-4)11-9-18;1-3-2;;;/h2*6-14H,5H2,1-4H3;1-2H3;2*1H;/q;;;;;+2/p-2. The zero-order valence-corrected chi connectivity index (χ0v) is 40.2. The van der Waals surface area contributed by atoms with Crippen LogP contribution in [0.25, 0.3) is 45.6 Å². The fourth-order valence-electron chi connectivity index (χ4n) is 9.52. The van der Waals surface area contributed by atoms with Crippen LogP contribution in [0.1, 0.15) is 88.6 Å². The number of hydrogen-bond acceptors (Lipinski definition) is 4. The molecule has 0 saturated heterocycles. The van der Waals surface area contributed by atoms with Crippen molar-refractivity contribution in [2.45, 2.75) is 74.7 Å². The van der Waals surface area contributed by atoms with Gasteiger partial charge < -0.3 is 0 Å². The van der Waals surface area contributed by atoms with Crippen molar-refractivity contribution in [1.82, 2.24) is 0 Å². The summed E-state index contributed by atoms with van der Waals surface area (Å²) in [6.45, 7) is 17.5. The van der Waals surface area contributed by atoms with Crippen molar-refractivity contribution in [2.24, 2.45) is 0 Å². The average Bonchev–Trinajstić information content (AvgIpc) is 4.00. The Morgan fingerprint density at radius 3 is 1.26 bits per heavy atom. The van der Waals surface area contributed by atoms with Crippen molar-refractivity contribution >= 4 is 45.8 Å². The topological polar surface area (TPSA) is 44.7 Å². The Morgan fingerprint density at radius 2 is 0.966 bits per heavy atom. The number of fused-ring (bicyclic) bond motifs is 2. The van der Waals surface area contributed by atoms with Crippen LogP contribution in [0.2, 0.25) is 13.1 Å². The molecule has 298 valence electrons. The Bertz CT molecular complexity index is 2520. The third-order valence-electron chi connectivity index (χ3n) is 13.0. The second-order valence-corrected chi connectivity index (χ2v) is 55.1. The number of allylic oxidation sites excluding steroid dienone is 2. The molecular formula is C50H52Cl2O4SiZr. The summed E-state index contributed by atoms with van der Waals surface area (Å²) >= 11 is -5.46. The first-order chi connectivity index (χ1) is 27.7. The molecule has 2 aliphatic carbocycles. The van der Waals surface area contributed by atoms with E-state index in [2.05, 4.69) is 114 Å². The molecule has 0 saturated carbocycles. The third kappa shape index (κ3) is 6.40. The van der Waals surface area contributed by atoms with E-state index in [4.69, 9.17) is 35.3 Å². The van der Waals surface area contributed by atoms with Crippen LogP contribution < -0.4 is 9.47 Å². The van der Waals surface area contributed by atoms with Crippen LogP contribution in [0.3, 0.4) is 0 Å². The monoisotopic (exact) mass is 904 g/mol. The van der Waals surface area contributed by atoms with Gasteiger partial charge in [-0.05, 0) is 0 Å². The molecule has 6 aromatic rings. The Labute approximate surface area is 351 Å². The van der Waals surface area contributed by atoms with E-state index in [0.29, 0.717) is 0 Å². The molecule has 2 aromatic heterocycles. The maximum absolute atomic E-state index is 9.03. The number of furan rings is 2. The minimum absolute atomic E-state index is 0.261. The maximum atomic E-state index is 9.03. The molecule has 4 aromatic carbocycles. The summed E-state index contributed by atoms with van der Waals surface area (Å²) in [4.78, 5) is 0. The molecule has 8 heteroatoms. The number of methoxy groups -OCH3 is 2. The fourth-order valence-corrected chi connectivity index (χ4v) is 37.2. The van der Waals surface area contributed by atoms with Gasteiger partial charge in [-0.25, -0.2) is 0 Å². The molecule has 4 nitrogen and oxygen atoms in total. The predicted octanol–water partition coefficient (Wildman–Crippen LogP) is 14.7. The van der Waals surface area contributed by atoms with Gasteiger partial charge in [-0.1, -0.05) is 0 Å². The van der Waals surface area contributed by atoms with E-state index in [9.17, 15) is 0 Å². The summed E-state index contributed by atoms with van der Waals surface area (Å²) in [5.41, 5.74) is 14.9. The average molecular weight is 907 g/mol. The first-order valence-electron chi connectivity index (χ1n) is 20.3. The molecule has 2 unspecified atom stereocenters. The first kappa shape index (κ1) is 41.0. The van der Waals surface area contributed by atoms with Crippen LogP contribution in [-0.4, -0.2) is 19.7 Å². The van der Waals surface area contributed by atoms with Gasteiger partial charge in [0.1, 0.15) is 0 Å². The van der Waals surface area contributed by atoms with Gasteiger partial charge in [0.15, 0.2) is 0 Å². The van der Waals surface area contributed by atoms with Crippen LogP contribution in [0.15, 0.2) is 93.8 Å². The molecule has 0 radical (unpaired) electrons. The minimum atomic E-state index is -5.46.